The normalized spacial score (nSPS) is 9.83. The molecule has 0 amide bonds. The van der Waals surface area contributed by atoms with Crippen LogP contribution in [0.15, 0.2) is 48.5 Å². The van der Waals surface area contributed by atoms with E-state index >= 15 is 0 Å². The second kappa shape index (κ2) is 5.33. The highest BCUT2D eigenvalue weighted by Gasteiger charge is 2.23. The first-order valence-corrected chi connectivity index (χ1v) is 5.24. The van der Waals surface area contributed by atoms with Crippen LogP contribution in [0.1, 0.15) is 0 Å². The van der Waals surface area contributed by atoms with Crippen LogP contribution < -0.4 is 9.31 Å². The van der Waals surface area contributed by atoms with Gasteiger partial charge in [0.25, 0.3) is 0 Å². The van der Waals surface area contributed by atoms with Crippen LogP contribution in [0.5, 0.6) is 23.0 Å². The Labute approximate surface area is 104 Å². The van der Waals surface area contributed by atoms with E-state index in [0.717, 1.165) is 0 Å². The Kier molecular flexibility index (Phi) is 3.59. The van der Waals surface area contributed by atoms with Crippen molar-refractivity contribution >= 4 is 7.32 Å². The lowest BCUT2D eigenvalue weighted by atomic mass is 10.2. The topological polar surface area (TPSA) is 79.2 Å². The molecule has 0 aliphatic rings. The lowest BCUT2D eigenvalue weighted by Crippen LogP contribution is -2.29. The lowest BCUT2D eigenvalue weighted by Gasteiger charge is -2.12. The zero-order chi connectivity index (χ0) is 13.0. The molecular weight excluding hydrogens is 235 g/mol. The molecule has 0 atom stereocenters. The van der Waals surface area contributed by atoms with Crippen LogP contribution in [-0.2, 0) is 0 Å². The number of phenols is 2. The Morgan fingerprint density at radius 1 is 0.722 bits per heavy atom. The van der Waals surface area contributed by atoms with E-state index in [0.29, 0.717) is 0 Å². The molecule has 0 spiro atoms. The van der Waals surface area contributed by atoms with E-state index in [1.54, 1.807) is 24.3 Å². The van der Waals surface area contributed by atoms with Gasteiger partial charge < -0.3 is 24.5 Å². The fourth-order valence-electron chi connectivity index (χ4n) is 1.35. The fourth-order valence-corrected chi connectivity index (χ4v) is 1.35. The van der Waals surface area contributed by atoms with Gasteiger partial charge >= 0.3 is 7.32 Å². The van der Waals surface area contributed by atoms with Crippen LogP contribution in [0, 0.1) is 0 Å². The Morgan fingerprint density at radius 2 is 1.11 bits per heavy atom. The average molecular weight is 246 g/mol. The van der Waals surface area contributed by atoms with Crippen molar-refractivity contribution in [3.8, 4) is 23.0 Å². The van der Waals surface area contributed by atoms with Crippen molar-refractivity contribution in [2.24, 2.45) is 0 Å². The van der Waals surface area contributed by atoms with Gasteiger partial charge in [-0.3, -0.25) is 0 Å². The van der Waals surface area contributed by atoms with Gasteiger partial charge in [0.1, 0.15) is 11.5 Å². The maximum Gasteiger partial charge on any atom is 0.785 e. The molecule has 2 rings (SSSR count). The molecule has 0 aliphatic heterocycles. The van der Waals surface area contributed by atoms with Crippen LogP contribution in [-0.4, -0.2) is 22.6 Å². The summed E-state index contributed by atoms with van der Waals surface area (Å²) in [5.41, 5.74) is 0. The molecule has 0 fully saturated rings. The van der Waals surface area contributed by atoms with E-state index < -0.39 is 7.32 Å². The number of aromatic hydroxyl groups is 2. The van der Waals surface area contributed by atoms with Gasteiger partial charge in [-0.2, -0.15) is 0 Å². The fraction of sp³-hybridized carbons (Fsp3) is 0. The van der Waals surface area contributed by atoms with Crippen molar-refractivity contribution in [3.63, 3.8) is 0 Å². The van der Waals surface area contributed by atoms with E-state index in [2.05, 4.69) is 0 Å². The minimum Gasteiger partial charge on any atom is -0.504 e. The van der Waals surface area contributed by atoms with Gasteiger partial charge in [-0.1, -0.05) is 24.3 Å². The Balaban J connectivity index is 2.04. The molecule has 92 valence electrons. The maximum atomic E-state index is 9.54. The molecule has 0 radical (unpaired) electrons. The van der Waals surface area contributed by atoms with E-state index in [4.69, 9.17) is 9.31 Å². The smallest absolute Gasteiger partial charge is 0.504 e. The quantitative estimate of drug-likeness (QED) is 0.713. The standard InChI is InChI=1S/C12H11BO5/c14-9-5-1-3-7-11(9)17-13(16)18-12-8-4-2-6-10(12)15/h1-8,14-16H. The van der Waals surface area contributed by atoms with Crippen molar-refractivity contribution in [3.05, 3.63) is 48.5 Å². The summed E-state index contributed by atoms with van der Waals surface area (Å²) >= 11 is 0. The molecular formula is C12H11BO5. The van der Waals surface area contributed by atoms with Gasteiger partial charge in [0, 0.05) is 0 Å². The number of para-hydroxylation sites is 4. The van der Waals surface area contributed by atoms with Crippen molar-refractivity contribution in [2.75, 3.05) is 0 Å². The summed E-state index contributed by atoms with van der Waals surface area (Å²) in [7, 11) is -1.63. The highest BCUT2D eigenvalue weighted by molar-refractivity contribution is 6.36. The Hall–Kier alpha value is -2.34. The second-order valence-corrected chi connectivity index (χ2v) is 3.48. The molecule has 0 unspecified atom stereocenters. The molecule has 2 aromatic carbocycles. The second-order valence-electron chi connectivity index (χ2n) is 3.48. The van der Waals surface area contributed by atoms with Crippen LogP contribution in [0.4, 0.5) is 0 Å². The van der Waals surface area contributed by atoms with Gasteiger partial charge in [-0.15, -0.1) is 0 Å². The number of hydrogen-bond acceptors (Lipinski definition) is 5. The predicted octanol–water partition coefficient (Wildman–Crippen LogP) is 1.53. The summed E-state index contributed by atoms with van der Waals surface area (Å²) in [4.78, 5) is 0. The Morgan fingerprint density at radius 3 is 1.50 bits per heavy atom. The molecule has 18 heavy (non-hydrogen) atoms. The molecule has 3 N–H and O–H groups in total. The number of phenolic OH excluding ortho intramolecular Hbond substituents is 2. The van der Waals surface area contributed by atoms with Crippen molar-refractivity contribution in [2.45, 2.75) is 0 Å². The first-order valence-electron chi connectivity index (χ1n) is 5.24. The van der Waals surface area contributed by atoms with Crippen LogP contribution in [0.3, 0.4) is 0 Å². The molecule has 0 bridgehead atoms. The van der Waals surface area contributed by atoms with E-state index in [1.807, 2.05) is 0 Å². The van der Waals surface area contributed by atoms with Gasteiger partial charge in [0.2, 0.25) is 0 Å². The summed E-state index contributed by atoms with van der Waals surface area (Å²) in [5.74, 6) is -0.0595. The zero-order valence-electron chi connectivity index (χ0n) is 9.35. The van der Waals surface area contributed by atoms with E-state index in [9.17, 15) is 15.2 Å². The summed E-state index contributed by atoms with van der Waals surface area (Å²) in [6, 6.07) is 12.3. The minimum atomic E-state index is -1.63. The monoisotopic (exact) mass is 246 g/mol. The average Bonchev–Trinajstić information content (AvgIpc) is 2.35. The minimum absolute atomic E-state index is 0.0837. The van der Waals surface area contributed by atoms with E-state index in [1.165, 1.54) is 24.3 Å². The molecule has 2 aromatic rings. The van der Waals surface area contributed by atoms with Crippen LogP contribution >= 0.6 is 0 Å². The number of rotatable bonds is 4. The first-order chi connectivity index (χ1) is 8.66. The summed E-state index contributed by atoms with van der Waals surface area (Å²) in [6.45, 7) is 0. The third-order valence-corrected chi connectivity index (χ3v) is 2.19. The largest absolute Gasteiger partial charge is 0.785 e. The molecule has 0 aromatic heterocycles. The van der Waals surface area contributed by atoms with Crippen LogP contribution in [0.25, 0.3) is 0 Å². The molecule has 0 saturated carbocycles. The molecule has 5 nitrogen and oxygen atoms in total. The summed E-state index contributed by atoms with van der Waals surface area (Å²) in [6.07, 6.45) is 0. The van der Waals surface area contributed by atoms with Crippen LogP contribution in [0.2, 0.25) is 0 Å². The van der Waals surface area contributed by atoms with Gasteiger partial charge in [0.15, 0.2) is 11.5 Å². The molecule has 0 aliphatic carbocycles. The van der Waals surface area contributed by atoms with Gasteiger partial charge in [0.05, 0.1) is 0 Å². The molecule has 0 heterocycles. The van der Waals surface area contributed by atoms with Crippen molar-refractivity contribution in [1.82, 2.24) is 0 Å². The molecule has 6 heteroatoms. The van der Waals surface area contributed by atoms with Gasteiger partial charge in [-0.05, 0) is 24.3 Å². The van der Waals surface area contributed by atoms with E-state index in [-0.39, 0.29) is 23.0 Å². The summed E-state index contributed by atoms with van der Waals surface area (Å²) in [5, 5.41) is 28.4. The highest BCUT2D eigenvalue weighted by Crippen LogP contribution is 2.27. The van der Waals surface area contributed by atoms with Crippen molar-refractivity contribution < 1.29 is 24.5 Å². The van der Waals surface area contributed by atoms with Gasteiger partial charge in [-0.25, -0.2) is 0 Å². The zero-order valence-corrected chi connectivity index (χ0v) is 9.35. The lowest BCUT2D eigenvalue weighted by molar-refractivity contribution is 0.284. The van der Waals surface area contributed by atoms with Crippen molar-refractivity contribution in [1.29, 1.82) is 0 Å². The SMILES string of the molecule is OB(Oc1ccccc1O)Oc1ccccc1O. The summed E-state index contributed by atoms with van der Waals surface area (Å²) < 4.78 is 9.95. The highest BCUT2D eigenvalue weighted by atomic mass is 16.7. The third-order valence-electron chi connectivity index (χ3n) is 2.19. The molecule has 0 saturated heterocycles. The predicted molar refractivity (Wildman–Crippen MR) is 65.4 cm³/mol. The third kappa shape index (κ3) is 2.86. The number of benzene rings is 2. The number of hydrogen-bond donors (Lipinski definition) is 3. The maximum absolute atomic E-state index is 9.54. The Bertz CT molecular complexity index is 484. The first kappa shape index (κ1) is 12.1.